The molecule has 0 bridgehead atoms. The van der Waals surface area contributed by atoms with Gasteiger partial charge < -0.3 is 10.1 Å². The van der Waals surface area contributed by atoms with E-state index in [0.717, 1.165) is 12.0 Å². The lowest BCUT2D eigenvalue weighted by atomic mass is 10.0. The molecule has 0 radical (unpaired) electrons. The van der Waals surface area contributed by atoms with Crippen molar-refractivity contribution in [1.82, 2.24) is 10.0 Å². The normalized spacial score (nSPS) is 22.6. The standard InChI is InChI=1S/C15H24N2O3S/c1-4-12-5-6-14(9-13(12)10-16-3)21(18,19)17-15(2)7-8-20-11-15/h5-6,9,16-17H,4,7-8,10-11H2,1-3H3. The van der Waals surface area contributed by atoms with E-state index in [1.807, 2.05) is 20.0 Å². The van der Waals surface area contributed by atoms with Gasteiger partial charge in [0.15, 0.2) is 0 Å². The van der Waals surface area contributed by atoms with E-state index >= 15 is 0 Å². The Morgan fingerprint density at radius 1 is 1.33 bits per heavy atom. The number of ether oxygens (including phenoxy) is 1. The van der Waals surface area contributed by atoms with Gasteiger partial charge in [-0.05, 0) is 50.1 Å². The van der Waals surface area contributed by atoms with Crippen LogP contribution in [0.1, 0.15) is 31.4 Å². The smallest absolute Gasteiger partial charge is 0.241 e. The molecule has 0 aromatic heterocycles. The van der Waals surface area contributed by atoms with E-state index in [1.54, 1.807) is 12.1 Å². The maximum absolute atomic E-state index is 12.6. The highest BCUT2D eigenvalue weighted by molar-refractivity contribution is 7.89. The van der Waals surface area contributed by atoms with E-state index < -0.39 is 15.6 Å². The van der Waals surface area contributed by atoms with Gasteiger partial charge in [-0.25, -0.2) is 13.1 Å². The van der Waals surface area contributed by atoms with Crippen molar-refractivity contribution in [3.8, 4) is 0 Å². The zero-order valence-corrected chi connectivity index (χ0v) is 13.7. The van der Waals surface area contributed by atoms with Gasteiger partial charge in [-0.15, -0.1) is 0 Å². The Morgan fingerprint density at radius 3 is 2.67 bits per heavy atom. The lowest BCUT2D eigenvalue weighted by Crippen LogP contribution is -2.46. The molecule has 1 saturated heterocycles. The molecule has 0 amide bonds. The number of nitrogens with one attached hydrogen (secondary N) is 2. The van der Waals surface area contributed by atoms with Gasteiger partial charge in [-0.1, -0.05) is 13.0 Å². The Bertz CT molecular complexity index is 593. The van der Waals surface area contributed by atoms with Crippen molar-refractivity contribution in [3.63, 3.8) is 0 Å². The summed E-state index contributed by atoms with van der Waals surface area (Å²) in [4.78, 5) is 0.318. The van der Waals surface area contributed by atoms with Crippen molar-refractivity contribution in [3.05, 3.63) is 29.3 Å². The molecule has 1 atom stereocenters. The molecule has 0 aliphatic carbocycles. The summed E-state index contributed by atoms with van der Waals surface area (Å²) in [6.45, 7) is 5.62. The van der Waals surface area contributed by atoms with Crippen LogP contribution in [-0.2, 0) is 27.7 Å². The maximum Gasteiger partial charge on any atom is 0.241 e. The Hall–Kier alpha value is -0.950. The SMILES string of the molecule is CCc1ccc(S(=O)(=O)NC2(C)CCOC2)cc1CNC. The van der Waals surface area contributed by atoms with Crippen LogP contribution in [0.15, 0.2) is 23.1 Å². The van der Waals surface area contributed by atoms with E-state index in [0.29, 0.717) is 31.1 Å². The molecule has 1 aliphatic rings. The molecule has 5 nitrogen and oxygen atoms in total. The highest BCUT2D eigenvalue weighted by Gasteiger charge is 2.34. The maximum atomic E-state index is 12.6. The highest BCUT2D eigenvalue weighted by Crippen LogP contribution is 2.23. The van der Waals surface area contributed by atoms with E-state index in [4.69, 9.17) is 4.74 Å². The third-order valence-corrected chi connectivity index (χ3v) is 5.47. The number of hydrogen-bond donors (Lipinski definition) is 2. The summed E-state index contributed by atoms with van der Waals surface area (Å²) in [6, 6.07) is 5.34. The topological polar surface area (TPSA) is 67.4 Å². The first-order valence-corrected chi connectivity index (χ1v) is 8.77. The van der Waals surface area contributed by atoms with Gasteiger partial charge in [0.25, 0.3) is 0 Å². The molecule has 2 N–H and O–H groups in total. The van der Waals surface area contributed by atoms with Crippen molar-refractivity contribution in [2.75, 3.05) is 20.3 Å². The third kappa shape index (κ3) is 3.83. The van der Waals surface area contributed by atoms with Crippen LogP contribution in [0.5, 0.6) is 0 Å². The Kier molecular flexibility index (Phi) is 5.03. The molecule has 0 spiro atoms. The number of sulfonamides is 1. The predicted octanol–water partition coefficient (Wildman–Crippen LogP) is 1.43. The van der Waals surface area contributed by atoms with Crippen LogP contribution in [-0.4, -0.2) is 34.2 Å². The molecule has 1 aromatic carbocycles. The number of aryl methyl sites for hydroxylation is 1. The second-order valence-corrected chi connectivity index (χ2v) is 7.47. The van der Waals surface area contributed by atoms with Crippen molar-refractivity contribution >= 4 is 10.0 Å². The van der Waals surface area contributed by atoms with Crippen LogP contribution in [0.4, 0.5) is 0 Å². The quantitative estimate of drug-likeness (QED) is 0.834. The van der Waals surface area contributed by atoms with Crippen LogP contribution in [0.25, 0.3) is 0 Å². The van der Waals surface area contributed by atoms with Gasteiger partial charge in [0.1, 0.15) is 0 Å². The predicted molar refractivity (Wildman–Crippen MR) is 82.7 cm³/mol. The van der Waals surface area contributed by atoms with Crippen LogP contribution in [0.3, 0.4) is 0 Å². The molecule has 2 rings (SSSR count). The third-order valence-electron chi connectivity index (χ3n) is 3.84. The molecular weight excluding hydrogens is 288 g/mol. The number of rotatable bonds is 6. The Balaban J connectivity index is 2.29. The Morgan fingerprint density at radius 2 is 2.10 bits per heavy atom. The van der Waals surface area contributed by atoms with Gasteiger partial charge in [0.05, 0.1) is 17.0 Å². The fraction of sp³-hybridized carbons (Fsp3) is 0.600. The molecule has 0 saturated carbocycles. The first-order valence-electron chi connectivity index (χ1n) is 7.28. The van der Waals surface area contributed by atoms with Crippen LogP contribution >= 0.6 is 0 Å². The minimum atomic E-state index is -3.53. The van der Waals surface area contributed by atoms with E-state index in [-0.39, 0.29) is 0 Å². The minimum Gasteiger partial charge on any atom is -0.379 e. The summed E-state index contributed by atoms with van der Waals surface area (Å²) in [5.74, 6) is 0. The molecular formula is C15H24N2O3S. The summed E-state index contributed by atoms with van der Waals surface area (Å²) in [5.41, 5.74) is 1.68. The summed E-state index contributed by atoms with van der Waals surface area (Å²) in [7, 11) is -1.67. The zero-order valence-electron chi connectivity index (χ0n) is 12.9. The van der Waals surface area contributed by atoms with Crippen molar-refractivity contribution in [2.45, 2.75) is 43.7 Å². The fourth-order valence-corrected chi connectivity index (χ4v) is 4.07. The van der Waals surface area contributed by atoms with Crippen molar-refractivity contribution in [2.24, 2.45) is 0 Å². The molecule has 118 valence electrons. The molecule has 1 heterocycles. The summed E-state index contributed by atoms with van der Waals surface area (Å²) in [6.07, 6.45) is 1.58. The summed E-state index contributed by atoms with van der Waals surface area (Å²) >= 11 is 0. The lowest BCUT2D eigenvalue weighted by molar-refractivity contribution is 0.178. The number of hydrogen-bond acceptors (Lipinski definition) is 4. The largest absolute Gasteiger partial charge is 0.379 e. The molecule has 1 fully saturated rings. The van der Waals surface area contributed by atoms with Gasteiger partial charge >= 0.3 is 0 Å². The molecule has 6 heteroatoms. The molecule has 1 aliphatic heterocycles. The van der Waals surface area contributed by atoms with Crippen molar-refractivity contribution < 1.29 is 13.2 Å². The monoisotopic (exact) mass is 312 g/mol. The van der Waals surface area contributed by atoms with Crippen molar-refractivity contribution in [1.29, 1.82) is 0 Å². The summed E-state index contributed by atoms with van der Waals surface area (Å²) in [5, 5.41) is 3.08. The molecule has 1 aromatic rings. The molecule has 1 unspecified atom stereocenters. The second kappa shape index (κ2) is 6.44. The second-order valence-electron chi connectivity index (χ2n) is 5.78. The van der Waals surface area contributed by atoms with Gasteiger partial charge in [-0.3, -0.25) is 0 Å². The van der Waals surface area contributed by atoms with E-state index in [9.17, 15) is 8.42 Å². The van der Waals surface area contributed by atoms with E-state index in [2.05, 4.69) is 17.0 Å². The number of benzene rings is 1. The van der Waals surface area contributed by atoms with Crippen LogP contribution in [0.2, 0.25) is 0 Å². The van der Waals surface area contributed by atoms with Crippen LogP contribution in [0, 0.1) is 0 Å². The highest BCUT2D eigenvalue weighted by atomic mass is 32.2. The average Bonchev–Trinajstić information content (AvgIpc) is 2.84. The average molecular weight is 312 g/mol. The van der Waals surface area contributed by atoms with Gasteiger partial charge in [0.2, 0.25) is 10.0 Å². The fourth-order valence-electron chi connectivity index (χ4n) is 2.60. The zero-order chi connectivity index (χ0) is 15.5. The first kappa shape index (κ1) is 16.4. The van der Waals surface area contributed by atoms with Crippen LogP contribution < -0.4 is 10.0 Å². The lowest BCUT2D eigenvalue weighted by Gasteiger charge is -2.23. The first-order chi connectivity index (χ1) is 9.90. The Labute approximate surface area is 127 Å². The van der Waals surface area contributed by atoms with Gasteiger partial charge in [0, 0.05) is 13.2 Å². The minimum absolute atomic E-state index is 0.318. The van der Waals surface area contributed by atoms with Gasteiger partial charge in [-0.2, -0.15) is 0 Å². The molecule has 21 heavy (non-hydrogen) atoms. The summed E-state index contributed by atoms with van der Waals surface area (Å²) < 4.78 is 33.2. The van der Waals surface area contributed by atoms with E-state index in [1.165, 1.54) is 5.56 Å².